The molecule has 1 aromatic heterocycles. The Kier molecular flexibility index (Phi) is 2.55. The summed E-state index contributed by atoms with van der Waals surface area (Å²) in [5.41, 5.74) is 1.51. The summed E-state index contributed by atoms with van der Waals surface area (Å²) < 4.78 is 1.74. The van der Waals surface area contributed by atoms with Crippen molar-refractivity contribution >= 4 is 11.0 Å². The average molecular weight is 206 g/mol. The number of para-hydroxylation sites is 2. The maximum absolute atomic E-state index is 11.4. The van der Waals surface area contributed by atoms with E-state index in [0.29, 0.717) is 10.4 Å². The van der Waals surface area contributed by atoms with E-state index in [0.717, 1.165) is 18.6 Å². The Hall–Kier alpha value is -1.62. The van der Waals surface area contributed by atoms with Crippen LogP contribution in [0.15, 0.2) is 24.3 Å². The number of likely N-dealkylation sites (N-methyl/N-ethyl adjacent to an activating group) is 1. The third kappa shape index (κ3) is 1.92. The molecule has 0 saturated carbocycles. The first kappa shape index (κ1) is 9.92. The quantitative estimate of drug-likeness (QED) is 0.533. The lowest BCUT2D eigenvalue weighted by atomic mass is 10.3. The van der Waals surface area contributed by atoms with E-state index in [9.17, 15) is 5.21 Å². The molecule has 0 N–H and O–H groups in total. The van der Waals surface area contributed by atoms with Crippen molar-refractivity contribution in [2.45, 2.75) is 6.54 Å². The number of rotatable bonds is 3. The molecule has 2 aromatic rings. The van der Waals surface area contributed by atoms with Crippen LogP contribution in [0.1, 0.15) is 0 Å². The van der Waals surface area contributed by atoms with Crippen molar-refractivity contribution in [3.05, 3.63) is 29.5 Å². The molecule has 1 aromatic carbocycles. The lowest BCUT2D eigenvalue weighted by molar-refractivity contribution is -0.646. The highest BCUT2D eigenvalue weighted by Gasteiger charge is 2.12. The predicted molar refractivity (Wildman–Crippen MR) is 57.2 cm³/mol. The van der Waals surface area contributed by atoms with Crippen LogP contribution in [0.4, 0.5) is 0 Å². The molecule has 0 unspecified atom stereocenters. The minimum absolute atomic E-state index is 0.622. The predicted octanol–water partition coefficient (Wildman–Crippen LogP) is 0.231. The van der Waals surface area contributed by atoms with Gasteiger partial charge in [-0.25, -0.2) is 0 Å². The summed E-state index contributed by atoms with van der Waals surface area (Å²) >= 11 is 0. The van der Waals surface area contributed by atoms with Crippen LogP contribution in [-0.4, -0.2) is 35.4 Å². The fraction of sp³-hybridized carbons (Fsp3) is 0.400. The molecular formula is C10H14N4O. The van der Waals surface area contributed by atoms with Crippen molar-refractivity contribution in [2.75, 3.05) is 20.6 Å². The number of hydrogen-bond donors (Lipinski definition) is 0. The Morgan fingerprint density at radius 2 is 2.13 bits per heavy atom. The summed E-state index contributed by atoms with van der Waals surface area (Å²) in [4.78, 5) is 2.73. The average Bonchev–Trinajstić information content (AvgIpc) is 2.54. The van der Waals surface area contributed by atoms with Gasteiger partial charge >= 0.3 is 0 Å². The van der Waals surface area contributed by atoms with Crippen LogP contribution in [0.5, 0.6) is 0 Å². The molecule has 0 bridgehead atoms. The van der Waals surface area contributed by atoms with Crippen molar-refractivity contribution in [3.8, 4) is 0 Å². The molecule has 0 radical (unpaired) electrons. The standard InChI is InChI=1S/C10H14N4O/c1-12(2)7-8-13-9-5-3-4-6-10(9)14(15)11-13/h3-6H,7-8H2,1-2H3. The molecular weight excluding hydrogens is 192 g/mol. The molecule has 0 aliphatic heterocycles. The van der Waals surface area contributed by atoms with E-state index in [1.54, 1.807) is 10.7 Å². The summed E-state index contributed by atoms with van der Waals surface area (Å²) in [6.07, 6.45) is 0. The number of benzene rings is 1. The third-order valence-corrected chi connectivity index (χ3v) is 2.31. The van der Waals surface area contributed by atoms with Gasteiger partial charge in [0.2, 0.25) is 5.52 Å². The van der Waals surface area contributed by atoms with Crippen LogP contribution in [-0.2, 0) is 6.54 Å². The molecule has 80 valence electrons. The van der Waals surface area contributed by atoms with Gasteiger partial charge in [-0.2, -0.15) is 0 Å². The Bertz CT molecular complexity index is 463. The molecule has 5 nitrogen and oxygen atoms in total. The fourth-order valence-corrected chi connectivity index (χ4v) is 1.50. The summed E-state index contributed by atoms with van der Waals surface area (Å²) in [5.74, 6) is 0. The van der Waals surface area contributed by atoms with E-state index in [-0.39, 0.29) is 0 Å². The highest BCUT2D eigenvalue weighted by molar-refractivity contribution is 5.70. The molecule has 5 heteroatoms. The van der Waals surface area contributed by atoms with Crippen molar-refractivity contribution in [2.24, 2.45) is 0 Å². The first-order chi connectivity index (χ1) is 7.18. The molecule has 0 aliphatic rings. The topological polar surface area (TPSA) is 48.0 Å². The number of hydrogen-bond acceptors (Lipinski definition) is 3. The van der Waals surface area contributed by atoms with Gasteiger partial charge in [-0.05, 0) is 26.2 Å². The second-order valence-corrected chi connectivity index (χ2v) is 3.78. The zero-order chi connectivity index (χ0) is 10.8. The van der Waals surface area contributed by atoms with Crippen LogP contribution in [0, 0.1) is 5.21 Å². The monoisotopic (exact) mass is 206 g/mol. The first-order valence-electron chi connectivity index (χ1n) is 4.88. The highest BCUT2D eigenvalue weighted by Crippen LogP contribution is 2.07. The number of nitrogens with zero attached hydrogens (tertiary/aromatic N) is 4. The summed E-state index contributed by atoms with van der Waals surface area (Å²) in [5, 5.41) is 15.3. The molecule has 15 heavy (non-hydrogen) atoms. The van der Waals surface area contributed by atoms with Gasteiger partial charge in [0.15, 0.2) is 5.52 Å². The van der Waals surface area contributed by atoms with Crippen LogP contribution in [0.3, 0.4) is 0 Å². The Morgan fingerprint density at radius 3 is 2.87 bits per heavy atom. The number of fused-ring (bicyclic) bond motifs is 1. The van der Waals surface area contributed by atoms with E-state index in [1.807, 2.05) is 32.3 Å². The molecule has 0 atom stereocenters. The van der Waals surface area contributed by atoms with Gasteiger partial charge in [0, 0.05) is 6.54 Å². The molecule has 1 heterocycles. The van der Waals surface area contributed by atoms with Crippen LogP contribution >= 0.6 is 0 Å². The van der Waals surface area contributed by atoms with E-state index in [4.69, 9.17) is 0 Å². The molecule has 0 fully saturated rings. The van der Waals surface area contributed by atoms with Gasteiger partial charge < -0.3 is 10.1 Å². The van der Waals surface area contributed by atoms with Crippen molar-refractivity contribution in [3.63, 3.8) is 0 Å². The number of aromatic nitrogens is 3. The molecule has 0 amide bonds. The van der Waals surface area contributed by atoms with Gasteiger partial charge in [0.05, 0.1) is 5.21 Å². The van der Waals surface area contributed by atoms with Crippen molar-refractivity contribution in [1.82, 2.24) is 14.8 Å². The second kappa shape index (κ2) is 3.86. The van der Waals surface area contributed by atoms with Crippen molar-refractivity contribution < 1.29 is 4.85 Å². The zero-order valence-electron chi connectivity index (χ0n) is 8.92. The molecule has 2 rings (SSSR count). The molecule has 0 spiro atoms. The lowest BCUT2D eigenvalue weighted by Crippen LogP contribution is -2.30. The highest BCUT2D eigenvalue weighted by atomic mass is 16.5. The third-order valence-electron chi connectivity index (χ3n) is 2.31. The normalized spacial score (nSPS) is 11.4. The zero-order valence-corrected chi connectivity index (χ0v) is 8.92. The van der Waals surface area contributed by atoms with Gasteiger partial charge in [-0.15, -0.1) is 9.53 Å². The second-order valence-electron chi connectivity index (χ2n) is 3.78. The summed E-state index contributed by atoms with van der Waals surface area (Å²) in [6, 6.07) is 7.44. The van der Waals surface area contributed by atoms with E-state index in [1.165, 1.54) is 0 Å². The summed E-state index contributed by atoms with van der Waals surface area (Å²) in [7, 11) is 3.99. The largest absolute Gasteiger partial charge is 0.691 e. The smallest absolute Gasteiger partial charge is 0.202 e. The Labute approximate surface area is 88.1 Å². The minimum atomic E-state index is 0.622. The van der Waals surface area contributed by atoms with E-state index in [2.05, 4.69) is 10.1 Å². The van der Waals surface area contributed by atoms with E-state index >= 15 is 0 Å². The van der Waals surface area contributed by atoms with E-state index < -0.39 is 0 Å². The van der Waals surface area contributed by atoms with Crippen LogP contribution in [0.25, 0.3) is 11.0 Å². The minimum Gasteiger partial charge on any atom is -0.691 e. The van der Waals surface area contributed by atoms with Gasteiger partial charge in [0.25, 0.3) is 0 Å². The maximum atomic E-state index is 11.4. The summed E-state index contributed by atoms with van der Waals surface area (Å²) in [6.45, 7) is 1.59. The van der Waals surface area contributed by atoms with Crippen LogP contribution in [0.2, 0.25) is 0 Å². The van der Waals surface area contributed by atoms with Crippen LogP contribution < -0.4 is 4.85 Å². The fourth-order valence-electron chi connectivity index (χ4n) is 1.50. The van der Waals surface area contributed by atoms with Gasteiger partial charge in [0.1, 0.15) is 6.54 Å². The molecule has 0 aliphatic carbocycles. The Morgan fingerprint density at radius 1 is 1.40 bits per heavy atom. The SMILES string of the molecule is CN(C)CCn1n[n+]([O-])c2ccccc21. The van der Waals surface area contributed by atoms with Gasteiger partial charge in [-0.1, -0.05) is 12.1 Å². The lowest BCUT2D eigenvalue weighted by Gasteiger charge is -2.05. The first-order valence-corrected chi connectivity index (χ1v) is 4.88. The Balaban J connectivity index is 2.35. The van der Waals surface area contributed by atoms with Crippen molar-refractivity contribution in [1.29, 1.82) is 0 Å². The maximum Gasteiger partial charge on any atom is 0.202 e. The van der Waals surface area contributed by atoms with Gasteiger partial charge in [-0.3, -0.25) is 0 Å². The molecule has 0 saturated heterocycles.